The Balaban J connectivity index is 2.44. The number of aryl methyl sites for hydroxylation is 1. The molecule has 2 aromatic rings. The van der Waals surface area contributed by atoms with Crippen molar-refractivity contribution in [2.24, 2.45) is 0 Å². The molecule has 0 fully saturated rings. The normalized spacial score (nSPS) is 12.2. The van der Waals surface area contributed by atoms with E-state index in [0.717, 1.165) is 16.1 Å². The van der Waals surface area contributed by atoms with Gasteiger partial charge in [0.1, 0.15) is 12.6 Å². The summed E-state index contributed by atoms with van der Waals surface area (Å²) in [4.78, 5) is 27.2. The van der Waals surface area contributed by atoms with E-state index in [0.29, 0.717) is 27.8 Å². The summed E-state index contributed by atoms with van der Waals surface area (Å²) in [6.07, 6.45) is 1.03. The predicted octanol–water partition coefficient (Wildman–Crippen LogP) is 3.62. The number of rotatable bonds is 9. The zero-order valence-corrected chi connectivity index (χ0v) is 20.8. The number of carbonyl (C=O) groups excluding carboxylic acids is 2. The third kappa shape index (κ3) is 6.60. The minimum absolute atomic E-state index is 0.0545. The Morgan fingerprint density at radius 2 is 1.69 bits per heavy atom. The van der Waals surface area contributed by atoms with E-state index in [1.54, 1.807) is 50.2 Å². The number of hydrogen-bond donors (Lipinski definition) is 1. The van der Waals surface area contributed by atoms with Gasteiger partial charge in [0, 0.05) is 28.7 Å². The molecule has 0 unspecified atom stereocenters. The first-order valence-electron chi connectivity index (χ1n) is 10.00. The zero-order chi connectivity index (χ0) is 24.1. The van der Waals surface area contributed by atoms with Crippen LogP contribution in [0.25, 0.3) is 0 Å². The van der Waals surface area contributed by atoms with Gasteiger partial charge in [-0.1, -0.05) is 41.4 Å². The average molecular weight is 500 g/mol. The summed E-state index contributed by atoms with van der Waals surface area (Å²) in [6.45, 7) is 5.02. The van der Waals surface area contributed by atoms with Gasteiger partial charge in [0.25, 0.3) is 0 Å². The molecule has 7 nitrogen and oxygen atoms in total. The lowest BCUT2D eigenvalue weighted by molar-refractivity contribution is -0.139. The molecule has 10 heteroatoms. The van der Waals surface area contributed by atoms with Crippen LogP contribution in [-0.2, 0) is 26.2 Å². The van der Waals surface area contributed by atoms with Crippen molar-refractivity contribution in [3.63, 3.8) is 0 Å². The Bertz CT molecular complexity index is 1070. The van der Waals surface area contributed by atoms with Gasteiger partial charge in [-0.2, -0.15) is 0 Å². The van der Waals surface area contributed by atoms with Gasteiger partial charge >= 0.3 is 0 Å². The lowest BCUT2D eigenvalue weighted by Crippen LogP contribution is -2.51. The Kier molecular flexibility index (Phi) is 8.95. The summed E-state index contributed by atoms with van der Waals surface area (Å²) in [5, 5.41) is 3.38. The van der Waals surface area contributed by atoms with E-state index in [4.69, 9.17) is 23.2 Å². The first kappa shape index (κ1) is 26.0. The van der Waals surface area contributed by atoms with E-state index in [-0.39, 0.29) is 12.5 Å². The molecular weight excluding hydrogens is 473 g/mol. The van der Waals surface area contributed by atoms with Crippen LogP contribution in [0.15, 0.2) is 42.5 Å². The highest BCUT2D eigenvalue weighted by molar-refractivity contribution is 7.92. The van der Waals surface area contributed by atoms with Crippen LogP contribution in [0.4, 0.5) is 5.69 Å². The van der Waals surface area contributed by atoms with Crippen LogP contribution < -0.4 is 9.62 Å². The Morgan fingerprint density at radius 3 is 2.22 bits per heavy atom. The summed E-state index contributed by atoms with van der Waals surface area (Å²) in [5.41, 5.74) is 1.68. The van der Waals surface area contributed by atoms with Gasteiger partial charge in [-0.3, -0.25) is 13.9 Å². The first-order chi connectivity index (χ1) is 15.0. The molecule has 0 saturated carbocycles. The monoisotopic (exact) mass is 499 g/mol. The Hall–Kier alpha value is -2.29. The van der Waals surface area contributed by atoms with Crippen molar-refractivity contribution in [1.82, 2.24) is 10.2 Å². The summed E-state index contributed by atoms with van der Waals surface area (Å²) in [7, 11) is -3.78. The average Bonchev–Trinajstić information content (AvgIpc) is 2.70. The minimum atomic E-state index is -3.78. The van der Waals surface area contributed by atoms with Crippen molar-refractivity contribution in [3.05, 3.63) is 63.6 Å². The van der Waals surface area contributed by atoms with Crippen LogP contribution in [0.3, 0.4) is 0 Å². The molecule has 0 spiro atoms. The Labute approximate surface area is 199 Å². The van der Waals surface area contributed by atoms with Gasteiger partial charge in [-0.25, -0.2) is 8.42 Å². The fraction of sp³-hybridized carbons (Fsp3) is 0.364. The second-order valence-electron chi connectivity index (χ2n) is 7.40. The van der Waals surface area contributed by atoms with Crippen LogP contribution in [-0.4, -0.2) is 50.5 Å². The second-order valence-corrected chi connectivity index (χ2v) is 10.1. The van der Waals surface area contributed by atoms with E-state index in [1.165, 1.54) is 4.90 Å². The summed E-state index contributed by atoms with van der Waals surface area (Å²) < 4.78 is 26.0. The molecule has 0 heterocycles. The maximum Gasteiger partial charge on any atom is 0.244 e. The van der Waals surface area contributed by atoms with Crippen molar-refractivity contribution >= 4 is 50.7 Å². The van der Waals surface area contributed by atoms with Gasteiger partial charge in [0.05, 0.1) is 11.9 Å². The van der Waals surface area contributed by atoms with Gasteiger partial charge in [0.15, 0.2) is 0 Å². The van der Waals surface area contributed by atoms with Crippen molar-refractivity contribution < 1.29 is 18.0 Å². The molecule has 32 heavy (non-hydrogen) atoms. The molecule has 2 rings (SSSR count). The molecule has 0 aliphatic rings. The summed E-state index contributed by atoms with van der Waals surface area (Å²) in [6, 6.07) is 10.9. The number of hydrogen-bond acceptors (Lipinski definition) is 4. The highest BCUT2D eigenvalue weighted by atomic mass is 35.5. The molecule has 0 radical (unpaired) electrons. The summed E-state index contributed by atoms with van der Waals surface area (Å²) >= 11 is 12.6. The van der Waals surface area contributed by atoms with E-state index < -0.39 is 28.5 Å². The number of nitrogens with one attached hydrogen (secondary N) is 1. The fourth-order valence-electron chi connectivity index (χ4n) is 3.16. The van der Waals surface area contributed by atoms with Gasteiger partial charge < -0.3 is 10.2 Å². The van der Waals surface area contributed by atoms with Gasteiger partial charge in [-0.05, 0) is 50.6 Å². The van der Waals surface area contributed by atoms with Crippen molar-refractivity contribution in [1.29, 1.82) is 0 Å². The van der Waals surface area contributed by atoms with Crippen molar-refractivity contribution in [3.8, 4) is 0 Å². The SMILES string of the molecule is CCNC(=O)[C@@H](C)N(Cc1c(Cl)cccc1Cl)C(=O)CN(c1cccc(C)c1)S(C)(=O)=O. The second kappa shape index (κ2) is 11.0. The number of sulfonamides is 1. The van der Waals surface area contributed by atoms with Gasteiger partial charge in [0.2, 0.25) is 21.8 Å². The lowest BCUT2D eigenvalue weighted by Gasteiger charge is -2.32. The van der Waals surface area contributed by atoms with Crippen molar-refractivity contribution in [2.45, 2.75) is 33.4 Å². The third-order valence-corrected chi connectivity index (χ3v) is 6.73. The minimum Gasteiger partial charge on any atom is -0.355 e. The maximum absolute atomic E-state index is 13.4. The topological polar surface area (TPSA) is 86.8 Å². The number of anilines is 1. The molecule has 1 N–H and O–H groups in total. The largest absolute Gasteiger partial charge is 0.355 e. The molecule has 0 aliphatic heterocycles. The number of nitrogens with zero attached hydrogens (tertiary/aromatic N) is 2. The van der Waals surface area contributed by atoms with Crippen LogP contribution in [0.1, 0.15) is 25.0 Å². The summed E-state index contributed by atoms with van der Waals surface area (Å²) in [5.74, 6) is -0.933. The first-order valence-corrected chi connectivity index (χ1v) is 12.6. The van der Waals surface area contributed by atoms with Crippen molar-refractivity contribution in [2.75, 3.05) is 23.7 Å². The number of carbonyl (C=O) groups is 2. The fourth-order valence-corrected chi connectivity index (χ4v) is 4.51. The van der Waals surface area contributed by atoms with Crippen LogP contribution >= 0.6 is 23.2 Å². The predicted molar refractivity (Wildman–Crippen MR) is 129 cm³/mol. The van der Waals surface area contributed by atoms with E-state index in [9.17, 15) is 18.0 Å². The molecule has 0 aromatic heterocycles. The molecular formula is C22H27Cl2N3O4S. The zero-order valence-electron chi connectivity index (χ0n) is 18.4. The van der Waals surface area contributed by atoms with E-state index in [2.05, 4.69) is 5.32 Å². The molecule has 2 amide bonds. The van der Waals surface area contributed by atoms with Gasteiger partial charge in [-0.15, -0.1) is 0 Å². The van der Waals surface area contributed by atoms with Crippen LogP contribution in [0.2, 0.25) is 10.0 Å². The number of likely N-dealkylation sites (N-methyl/N-ethyl adjacent to an activating group) is 1. The Morgan fingerprint density at radius 1 is 1.09 bits per heavy atom. The number of amides is 2. The molecule has 0 saturated heterocycles. The highest BCUT2D eigenvalue weighted by Crippen LogP contribution is 2.27. The molecule has 1 atom stereocenters. The van der Waals surface area contributed by atoms with Crippen LogP contribution in [0, 0.1) is 6.92 Å². The van der Waals surface area contributed by atoms with E-state index >= 15 is 0 Å². The van der Waals surface area contributed by atoms with E-state index in [1.807, 2.05) is 13.0 Å². The lowest BCUT2D eigenvalue weighted by atomic mass is 10.1. The number of benzene rings is 2. The molecule has 0 bridgehead atoms. The number of halogens is 2. The quantitative estimate of drug-likeness (QED) is 0.570. The van der Waals surface area contributed by atoms with Crippen LogP contribution in [0.5, 0.6) is 0 Å². The molecule has 2 aromatic carbocycles. The molecule has 0 aliphatic carbocycles. The molecule has 174 valence electrons. The third-order valence-electron chi connectivity index (χ3n) is 4.88. The smallest absolute Gasteiger partial charge is 0.244 e. The highest BCUT2D eigenvalue weighted by Gasteiger charge is 2.30. The standard InChI is InChI=1S/C22H27Cl2N3O4S/c1-5-25-22(29)16(3)26(13-18-19(23)10-7-11-20(18)24)21(28)14-27(32(4,30)31)17-9-6-8-15(2)12-17/h6-12,16H,5,13-14H2,1-4H3,(H,25,29)/t16-/m1/s1. The maximum atomic E-state index is 13.4.